The summed E-state index contributed by atoms with van der Waals surface area (Å²) in [5.41, 5.74) is 0. The molecule has 18 atom stereocenters. The highest BCUT2D eigenvalue weighted by atomic mass is 31.2. The minimum absolute atomic E-state index is 0.0322. The van der Waals surface area contributed by atoms with E-state index in [1.54, 1.807) is 0 Å². The molecule has 0 aromatic heterocycles. The van der Waals surface area contributed by atoms with Crippen LogP contribution in [0.2, 0.25) is 0 Å². The monoisotopic (exact) mass is 1470 g/mol. The third-order valence-electron chi connectivity index (χ3n) is 19.8. The Labute approximate surface area is 605 Å². The number of aliphatic hydroxyl groups is 10. The summed E-state index contributed by atoms with van der Waals surface area (Å²) in [6.07, 6.45) is 18.3. The van der Waals surface area contributed by atoms with E-state index in [0.717, 1.165) is 83.5 Å². The predicted octanol–water partition coefficient (Wildman–Crippen LogP) is 11.9. The molecule has 2 saturated heterocycles. The molecule has 2 heterocycles. The van der Waals surface area contributed by atoms with Gasteiger partial charge in [0, 0.05) is 19.3 Å². The van der Waals surface area contributed by atoms with Crippen molar-refractivity contribution in [2.24, 2.45) is 0 Å². The van der Waals surface area contributed by atoms with E-state index in [2.05, 4.69) is 32.9 Å². The number of hydrogen-bond acceptors (Lipinski definition) is 23. The molecule has 0 spiro atoms. The van der Waals surface area contributed by atoms with E-state index in [-0.39, 0.29) is 19.3 Å². The molecule has 1 aliphatic carbocycles. The van der Waals surface area contributed by atoms with E-state index < -0.39 is 156 Å². The molecule has 25 heteroatoms. The van der Waals surface area contributed by atoms with Crippen molar-refractivity contribution >= 4 is 25.7 Å². The second-order valence-corrected chi connectivity index (χ2v) is 30.2. The number of phosphoric acid groups is 1. The van der Waals surface area contributed by atoms with Crippen LogP contribution in [-0.4, -0.2) is 204 Å². The van der Waals surface area contributed by atoms with E-state index in [1.165, 1.54) is 173 Å². The van der Waals surface area contributed by atoms with Gasteiger partial charge in [-0.1, -0.05) is 270 Å². The highest BCUT2D eigenvalue weighted by molar-refractivity contribution is 7.47. The molecule has 1 saturated carbocycles. The van der Waals surface area contributed by atoms with Gasteiger partial charge in [0.25, 0.3) is 0 Å². The topological polar surface area (TPSA) is 374 Å². The van der Waals surface area contributed by atoms with Crippen molar-refractivity contribution in [3.05, 3.63) is 12.2 Å². The maximum Gasteiger partial charge on any atom is 0.472 e. The van der Waals surface area contributed by atoms with E-state index in [1.807, 2.05) is 0 Å². The lowest BCUT2D eigenvalue weighted by atomic mass is 9.84. The number of ether oxygens (including phenoxy) is 7. The smallest absolute Gasteiger partial charge is 0.463 e. The number of carbonyl (C=O) groups is 3. The summed E-state index contributed by atoms with van der Waals surface area (Å²) in [6.45, 7) is 3.47. The highest BCUT2D eigenvalue weighted by Gasteiger charge is 2.58. The fraction of sp³-hybridized carbons (Fsp3) is 0.934. The molecule has 18 unspecified atom stereocenters. The van der Waals surface area contributed by atoms with Crippen LogP contribution in [0.3, 0.4) is 0 Å². The zero-order valence-electron chi connectivity index (χ0n) is 62.2. The zero-order chi connectivity index (χ0) is 73.9. The van der Waals surface area contributed by atoms with E-state index >= 15 is 0 Å². The van der Waals surface area contributed by atoms with Gasteiger partial charge in [-0.05, 0) is 44.9 Å². The van der Waals surface area contributed by atoms with Gasteiger partial charge < -0.3 is 89.1 Å². The fourth-order valence-corrected chi connectivity index (χ4v) is 14.2. The Morgan fingerprint density at radius 1 is 0.376 bits per heavy atom. The predicted molar refractivity (Wildman–Crippen MR) is 384 cm³/mol. The summed E-state index contributed by atoms with van der Waals surface area (Å²) < 4.78 is 65.1. The lowest BCUT2D eigenvalue weighted by Gasteiger charge is -2.49. The normalized spacial score (nSPS) is 27.2. The Hall–Kier alpha value is -2.30. The van der Waals surface area contributed by atoms with Crippen molar-refractivity contribution in [2.45, 2.75) is 427 Å². The number of esters is 3. The molecule has 0 radical (unpaired) electrons. The average molecular weight is 1470 g/mol. The number of carbonyl (C=O) groups excluding carboxylic acids is 3. The first kappa shape index (κ1) is 92.9. The number of allylic oxidation sites excluding steroid dienone is 2. The van der Waals surface area contributed by atoms with E-state index in [4.69, 9.17) is 42.2 Å². The second kappa shape index (κ2) is 57.8. The average Bonchev–Trinajstić information content (AvgIpc) is 0.762. The maximum atomic E-state index is 14.4. The van der Waals surface area contributed by atoms with Gasteiger partial charge in [-0.15, -0.1) is 0 Å². The largest absolute Gasteiger partial charge is 0.472 e. The molecule has 3 aliphatic rings. The molecule has 24 nitrogen and oxygen atoms in total. The Bertz CT molecular complexity index is 2130. The Kier molecular flexibility index (Phi) is 53.2. The van der Waals surface area contributed by atoms with E-state index in [9.17, 15) is 74.9 Å². The van der Waals surface area contributed by atoms with Gasteiger partial charge in [-0.2, -0.15) is 0 Å². The first-order chi connectivity index (χ1) is 48.8. The van der Waals surface area contributed by atoms with Gasteiger partial charge in [0.2, 0.25) is 0 Å². The first-order valence-electron chi connectivity index (χ1n) is 40.0. The summed E-state index contributed by atoms with van der Waals surface area (Å²) in [6, 6.07) is 0. The second-order valence-electron chi connectivity index (χ2n) is 28.8. The first-order valence-corrected chi connectivity index (χ1v) is 41.5. The van der Waals surface area contributed by atoms with Crippen LogP contribution in [0.15, 0.2) is 12.2 Å². The van der Waals surface area contributed by atoms with Crippen LogP contribution < -0.4 is 0 Å². The number of rotatable bonds is 63. The van der Waals surface area contributed by atoms with Gasteiger partial charge in [0.1, 0.15) is 98.7 Å². The summed E-state index contributed by atoms with van der Waals surface area (Å²) in [4.78, 5) is 51.1. The quantitative estimate of drug-likeness (QED) is 0.00886. The van der Waals surface area contributed by atoms with Gasteiger partial charge in [-0.3, -0.25) is 23.4 Å². The molecular formula is C76H141O24P. The van der Waals surface area contributed by atoms with Crippen molar-refractivity contribution in [2.75, 3.05) is 26.4 Å². The molecule has 3 fully saturated rings. The number of unbranched alkanes of at least 4 members (excludes halogenated alkanes) is 40. The van der Waals surface area contributed by atoms with Crippen LogP contribution in [0.5, 0.6) is 0 Å². The van der Waals surface area contributed by atoms with Gasteiger partial charge >= 0.3 is 25.7 Å². The Balaban J connectivity index is 1.71. The molecule has 594 valence electrons. The van der Waals surface area contributed by atoms with Crippen molar-refractivity contribution in [1.82, 2.24) is 0 Å². The molecule has 0 aromatic rings. The Morgan fingerprint density at radius 3 is 1.08 bits per heavy atom. The highest BCUT2D eigenvalue weighted by Crippen LogP contribution is 2.49. The number of hydrogen-bond donors (Lipinski definition) is 11. The molecule has 2 aliphatic heterocycles. The number of phosphoric ester groups is 1. The summed E-state index contributed by atoms with van der Waals surface area (Å²) in [7, 11) is -5.70. The molecule has 101 heavy (non-hydrogen) atoms. The fourth-order valence-electron chi connectivity index (χ4n) is 13.3. The third kappa shape index (κ3) is 40.5. The van der Waals surface area contributed by atoms with Crippen molar-refractivity contribution in [3.8, 4) is 0 Å². The van der Waals surface area contributed by atoms with Crippen LogP contribution in [0.4, 0.5) is 0 Å². The molecule has 0 bridgehead atoms. The standard InChI is InChI=1S/C76H141O24P/c1-4-7-10-13-16-19-22-25-28-29-31-34-35-38-41-44-47-50-60(78)92-54-57(95-62(80)52-49-46-43-40-37-32-27-24-21-18-15-12-9-6-3)55-94-101(90,91)100-74-72(98-75-70(88)65(83)63(81)58(53-77)96-75)68(86)67(85)69(87)73(74)99-76-71(89)66(84)64(82)59(97-76)56-93-61(79)51-48-45-42-39-36-33-30-26-23-20-17-14-11-8-5-2/h32,37,57-59,63-77,81-89H,4-31,33-36,38-56H2,1-3H3,(H,90,91)/b37-32-. The summed E-state index contributed by atoms with van der Waals surface area (Å²) in [5, 5.41) is 110. The lowest BCUT2D eigenvalue weighted by molar-refractivity contribution is -0.360. The van der Waals surface area contributed by atoms with Gasteiger partial charge in [0.15, 0.2) is 18.7 Å². The SMILES string of the molecule is CCCCCCCCC/C=C\CCCCCC(=O)OC(COC(=O)CCCCCCCCCCCCCCCCCCC)COP(=O)(O)OC1C(OC2OC(CO)C(O)C(O)C2O)C(O)C(O)C(O)C1OC1OC(COC(=O)CCCCCCCCCCCCCCCCC)C(O)C(O)C1O. The lowest BCUT2D eigenvalue weighted by Crippen LogP contribution is -2.69. The van der Waals surface area contributed by atoms with Crippen LogP contribution in [0, 0.1) is 0 Å². The van der Waals surface area contributed by atoms with Crippen molar-refractivity contribution in [3.63, 3.8) is 0 Å². The Morgan fingerprint density at radius 2 is 0.693 bits per heavy atom. The van der Waals surface area contributed by atoms with Crippen LogP contribution in [0.1, 0.15) is 323 Å². The van der Waals surface area contributed by atoms with E-state index in [0.29, 0.717) is 25.7 Å². The van der Waals surface area contributed by atoms with Crippen molar-refractivity contribution < 1.29 is 117 Å². The molecule has 0 aromatic carbocycles. The van der Waals surface area contributed by atoms with Crippen molar-refractivity contribution in [1.29, 1.82) is 0 Å². The molecular weight excluding hydrogens is 1330 g/mol. The maximum absolute atomic E-state index is 14.4. The molecule has 0 amide bonds. The third-order valence-corrected chi connectivity index (χ3v) is 20.8. The zero-order valence-corrected chi connectivity index (χ0v) is 63.1. The molecule has 3 rings (SSSR count). The number of aliphatic hydroxyl groups excluding tert-OH is 10. The summed E-state index contributed by atoms with van der Waals surface area (Å²) in [5.74, 6) is -1.99. The molecule has 11 N–H and O–H groups in total. The van der Waals surface area contributed by atoms with Crippen LogP contribution in [-0.2, 0) is 61.2 Å². The van der Waals surface area contributed by atoms with Crippen LogP contribution >= 0.6 is 7.82 Å². The minimum atomic E-state index is -5.70. The van der Waals surface area contributed by atoms with Gasteiger partial charge in [0.05, 0.1) is 13.2 Å². The minimum Gasteiger partial charge on any atom is -0.463 e. The summed E-state index contributed by atoms with van der Waals surface area (Å²) >= 11 is 0. The van der Waals surface area contributed by atoms with Gasteiger partial charge in [-0.25, -0.2) is 4.57 Å². The van der Waals surface area contributed by atoms with Crippen LogP contribution in [0.25, 0.3) is 0 Å².